The van der Waals surface area contributed by atoms with Crippen molar-refractivity contribution >= 4 is 21.6 Å². The number of hydrogen-bond acceptors (Lipinski definition) is 3. The summed E-state index contributed by atoms with van der Waals surface area (Å²) < 4.78 is 0. The van der Waals surface area contributed by atoms with Crippen molar-refractivity contribution in [1.82, 2.24) is 9.97 Å². The molecule has 4 rings (SSSR count). The van der Waals surface area contributed by atoms with Crippen molar-refractivity contribution in [2.45, 2.75) is 52.6 Å². The van der Waals surface area contributed by atoms with Crippen LogP contribution in [0.15, 0.2) is 23.0 Å². The lowest BCUT2D eigenvalue weighted by Gasteiger charge is -2.15. The number of thiophene rings is 1. The fraction of sp³-hybridized carbons (Fsp3) is 0.429. The van der Waals surface area contributed by atoms with E-state index in [0.29, 0.717) is 0 Å². The molecule has 5 heteroatoms. The van der Waals surface area contributed by atoms with Crippen LogP contribution >= 0.6 is 11.3 Å². The summed E-state index contributed by atoms with van der Waals surface area (Å²) in [6.07, 6.45) is 4.54. The molecular weight excluding hydrogens is 342 g/mol. The zero-order valence-corrected chi connectivity index (χ0v) is 16.6. The predicted molar refractivity (Wildman–Crippen MR) is 107 cm³/mol. The Hall–Kier alpha value is -1.98. The topological polar surface area (TPSA) is 50.2 Å². The van der Waals surface area contributed by atoms with Crippen LogP contribution in [0.4, 0.5) is 0 Å². The number of quaternary nitrogens is 1. The number of rotatable bonds is 4. The molecule has 1 unspecified atom stereocenters. The molecule has 0 saturated carbocycles. The lowest BCUT2D eigenvalue weighted by atomic mass is 9.97. The highest BCUT2D eigenvalue weighted by Gasteiger charge is 2.20. The molecule has 0 amide bonds. The molecule has 2 aromatic heterocycles. The van der Waals surface area contributed by atoms with Gasteiger partial charge in [-0.15, -0.1) is 11.3 Å². The van der Waals surface area contributed by atoms with Gasteiger partial charge in [-0.1, -0.05) is 23.8 Å². The van der Waals surface area contributed by atoms with E-state index in [-0.39, 0.29) is 5.56 Å². The number of nitrogens with one attached hydrogen (secondary N) is 2. The SMILES string of the molecule is Cc1ccc(C[NH+](C)Cc2nc3sc4c(c3c(=O)[nH]2)CCCC4)c(C)c1. The predicted octanol–water partition coefficient (Wildman–Crippen LogP) is 2.70. The fourth-order valence-corrected chi connectivity index (χ4v) is 5.29. The highest BCUT2D eigenvalue weighted by Crippen LogP contribution is 2.33. The van der Waals surface area contributed by atoms with Gasteiger partial charge in [0.1, 0.15) is 17.9 Å². The van der Waals surface area contributed by atoms with Crippen molar-refractivity contribution in [3.05, 3.63) is 61.5 Å². The molecule has 2 N–H and O–H groups in total. The monoisotopic (exact) mass is 368 g/mol. The minimum atomic E-state index is 0.0451. The molecule has 0 saturated heterocycles. The Bertz CT molecular complexity index is 1020. The van der Waals surface area contributed by atoms with Gasteiger partial charge in [0.25, 0.3) is 5.56 Å². The van der Waals surface area contributed by atoms with Crippen LogP contribution in [0.25, 0.3) is 10.2 Å². The van der Waals surface area contributed by atoms with E-state index < -0.39 is 0 Å². The summed E-state index contributed by atoms with van der Waals surface area (Å²) in [5, 5.41) is 0.848. The van der Waals surface area contributed by atoms with Gasteiger partial charge in [-0.25, -0.2) is 4.98 Å². The number of aromatic amines is 1. The number of H-pyrrole nitrogens is 1. The molecule has 0 spiro atoms. The Kier molecular flexibility index (Phi) is 4.67. The van der Waals surface area contributed by atoms with Gasteiger partial charge in [-0.2, -0.15) is 0 Å². The van der Waals surface area contributed by atoms with Crippen LogP contribution in [0.2, 0.25) is 0 Å². The van der Waals surface area contributed by atoms with E-state index in [4.69, 9.17) is 4.98 Å². The number of aromatic nitrogens is 2. The molecule has 0 radical (unpaired) electrons. The Balaban J connectivity index is 1.58. The maximum absolute atomic E-state index is 12.7. The van der Waals surface area contributed by atoms with E-state index in [1.807, 2.05) is 0 Å². The normalized spacial score (nSPS) is 15.2. The van der Waals surface area contributed by atoms with Crippen molar-refractivity contribution in [2.75, 3.05) is 7.05 Å². The highest BCUT2D eigenvalue weighted by atomic mass is 32.1. The summed E-state index contributed by atoms with van der Waals surface area (Å²) in [5.41, 5.74) is 5.27. The number of nitrogens with zero attached hydrogens (tertiary/aromatic N) is 1. The minimum absolute atomic E-state index is 0.0451. The lowest BCUT2D eigenvalue weighted by molar-refractivity contribution is -0.908. The molecule has 2 heterocycles. The maximum Gasteiger partial charge on any atom is 0.260 e. The van der Waals surface area contributed by atoms with Gasteiger partial charge in [-0.05, 0) is 50.7 Å². The van der Waals surface area contributed by atoms with Crippen molar-refractivity contribution in [3.63, 3.8) is 0 Å². The average Bonchev–Trinajstić information content (AvgIpc) is 2.96. The standard InChI is InChI=1S/C21H25N3OS/c1-13-8-9-15(14(2)10-13)11-24(3)12-18-22-20(25)19-16-6-4-5-7-17(16)26-21(19)23-18/h8-10H,4-7,11-12H2,1-3H3,(H,22,23,25)/p+1. The van der Waals surface area contributed by atoms with Crippen LogP contribution in [0.1, 0.15) is 45.8 Å². The maximum atomic E-state index is 12.7. The number of hydrogen-bond donors (Lipinski definition) is 2. The van der Waals surface area contributed by atoms with Crippen molar-refractivity contribution in [3.8, 4) is 0 Å². The Morgan fingerprint density at radius 1 is 1.19 bits per heavy atom. The van der Waals surface area contributed by atoms with Crippen molar-refractivity contribution in [1.29, 1.82) is 0 Å². The molecule has 136 valence electrons. The summed E-state index contributed by atoms with van der Waals surface area (Å²) in [7, 11) is 2.16. The number of benzene rings is 1. The van der Waals surface area contributed by atoms with Gasteiger partial charge in [0.15, 0.2) is 5.82 Å². The average molecular weight is 369 g/mol. The smallest absolute Gasteiger partial charge is 0.260 e. The first-order valence-electron chi connectivity index (χ1n) is 9.42. The summed E-state index contributed by atoms with van der Waals surface area (Å²) in [4.78, 5) is 24.1. The van der Waals surface area contributed by atoms with Crippen LogP contribution in [0.5, 0.6) is 0 Å². The molecule has 4 nitrogen and oxygen atoms in total. The van der Waals surface area contributed by atoms with Crippen LogP contribution < -0.4 is 10.5 Å². The second kappa shape index (κ2) is 6.97. The van der Waals surface area contributed by atoms with E-state index in [1.54, 1.807) is 11.3 Å². The molecule has 1 aliphatic carbocycles. The quantitative estimate of drug-likeness (QED) is 0.744. The Morgan fingerprint density at radius 2 is 2.00 bits per heavy atom. The molecule has 0 bridgehead atoms. The molecule has 26 heavy (non-hydrogen) atoms. The van der Waals surface area contributed by atoms with Gasteiger partial charge in [0.2, 0.25) is 0 Å². The van der Waals surface area contributed by atoms with E-state index in [1.165, 1.54) is 44.9 Å². The van der Waals surface area contributed by atoms with Gasteiger partial charge < -0.3 is 9.88 Å². The van der Waals surface area contributed by atoms with E-state index in [2.05, 4.69) is 44.1 Å². The van der Waals surface area contributed by atoms with Gasteiger partial charge in [0, 0.05) is 10.4 Å². The molecule has 1 atom stereocenters. The molecule has 3 aromatic rings. The first-order chi connectivity index (χ1) is 12.5. The highest BCUT2D eigenvalue weighted by molar-refractivity contribution is 7.18. The van der Waals surface area contributed by atoms with Crippen LogP contribution in [0.3, 0.4) is 0 Å². The third-order valence-electron chi connectivity index (χ3n) is 5.33. The summed E-state index contributed by atoms with van der Waals surface area (Å²) >= 11 is 1.72. The molecule has 0 aliphatic heterocycles. The van der Waals surface area contributed by atoms with Crippen LogP contribution in [-0.2, 0) is 25.9 Å². The third kappa shape index (κ3) is 3.33. The second-order valence-electron chi connectivity index (χ2n) is 7.64. The zero-order chi connectivity index (χ0) is 18.3. The molecular formula is C21H26N3OS+. The fourth-order valence-electron chi connectivity index (χ4n) is 4.01. The van der Waals surface area contributed by atoms with E-state index in [9.17, 15) is 4.79 Å². The summed E-state index contributed by atoms with van der Waals surface area (Å²) in [6.45, 7) is 5.94. The van der Waals surface area contributed by atoms with E-state index in [0.717, 1.165) is 42.0 Å². The number of aryl methyl sites for hydroxylation is 4. The van der Waals surface area contributed by atoms with Crippen LogP contribution in [0, 0.1) is 13.8 Å². The largest absolute Gasteiger partial charge is 0.327 e. The molecule has 0 fully saturated rings. The minimum Gasteiger partial charge on any atom is -0.327 e. The first kappa shape index (κ1) is 17.4. The number of fused-ring (bicyclic) bond motifs is 3. The van der Waals surface area contributed by atoms with Gasteiger partial charge >= 0.3 is 0 Å². The Morgan fingerprint density at radius 3 is 2.81 bits per heavy atom. The van der Waals surface area contributed by atoms with Gasteiger partial charge in [-0.3, -0.25) is 4.79 Å². The molecule has 1 aliphatic rings. The Labute approximate surface area is 157 Å². The van der Waals surface area contributed by atoms with E-state index >= 15 is 0 Å². The lowest BCUT2D eigenvalue weighted by Crippen LogP contribution is -3.06. The van der Waals surface area contributed by atoms with Crippen LogP contribution in [-0.4, -0.2) is 17.0 Å². The summed E-state index contributed by atoms with van der Waals surface area (Å²) in [5.74, 6) is 0.795. The van der Waals surface area contributed by atoms with Crippen molar-refractivity contribution < 1.29 is 4.90 Å². The van der Waals surface area contributed by atoms with Crippen molar-refractivity contribution in [2.24, 2.45) is 0 Å². The summed E-state index contributed by atoms with van der Waals surface area (Å²) in [6, 6.07) is 6.60. The van der Waals surface area contributed by atoms with Gasteiger partial charge in [0.05, 0.1) is 12.4 Å². The zero-order valence-electron chi connectivity index (χ0n) is 15.7. The first-order valence-corrected chi connectivity index (χ1v) is 10.2. The third-order valence-corrected chi connectivity index (χ3v) is 6.52. The second-order valence-corrected chi connectivity index (χ2v) is 8.73. The molecule has 1 aromatic carbocycles.